The third-order valence-electron chi connectivity index (χ3n) is 2.53. The number of carboxylic acid groups (broad SMARTS) is 1. The third-order valence-corrected chi connectivity index (χ3v) is 2.53. The Balaban J connectivity index is 3.29. The van der Waals surface area contributed by atoms with Gasteiger partial charge in [-0.1, -0.05) is 0 Å². The van der Waals surface area contributed by atoms with Gasteiger partial charge < -0.3 is 25.1 Å². The van der Waals surface area contributed by atoms with Crippen molar-refractivity contribution < 1.29 is 24.1 Å². The molecule has 0 spiro atoms. The van der Waals surface area contributed by atoms with Crippen molar-refractivity contribution in [1.82, 2.24) is 0 Å². The Bertz CT molecular complexity index is 433. The van der Waals surface area contributed by atoms with Gasteiger partial charge in [0.25, 0.3) is 0 Å². The number of aliphatic carboxylic acids is 1. The Morgan fingerprint density at radius 2 is 1.89 bits per heavy atom. The summed E-state index contributed by atoms with van der Waals surface area (Å²) in [5.41, 5.74) is 6.72. The van der Waals surface area contributed by atoms with Gasteiger partial charge in [0, 0.05) is 18.2 Å². The van der Waals surface area contributed by atoms with Crippen LogP contribution in [0.4, 0.5) is 0 Å². The maximum Gasteiger partial charge on any atom is 0.325 e. The van der Waals surface area contributed by atoms with E-state index in [2.05, 4.69) is 0 Å². The highest BCUT2D eigenvalue weighted by Crippen LogP contribution is 2.32. The fraction of sp³-hybridized carbons (Fsp3) is 0.417. The maximum absolute atomic E-state index is 10.9. The molecular formula is C12H17NO5. The molecule has 0 aliphatic heterocycles. The summed E-state index contributed by atoms with van der Waals surface area (Å²) >= 11 is 0. The molecule has 0 saturated heterocycles. The molecule has 18 heavy (non-hydrogen) atoms. The molecule has 100 valence electrons. The SMILES string of the molecule is COCc1cc(OC)c(C(N)C(=O)O)cc1OC. The average Bonchev–Trinajstić information content (AvgIpc) is 2.37. The summed E-state index contributed by atoms with van der Waals surface area (Å²) in [6.07, 6.45) is 0. The smallest absolute Gasteiger partial charge is 0.325 e. The van der Waals surface area contributed by atoms with Gasteiger partial charge in [-0.3, -0.25) is 4.79 Å². The van der Waals surface area contributed by atoms with Crippen LogP contribution in [-0.4, -0.2) is 32.4 Å². The van der Waals surface area contributed by atoms with E-state index in [0.717, 1.165) is 5.56 Å². The molecule has 0 radical (unpaired) electrons. The highest BCUT2D eigenvalue weighted by molar-refractivity contribution is 5.76. The van der Waals surface area contributed by atoms with E-state index in [1.807, 2.05) is 0 Å². The number of carboxylic acids is 1. The average molecular weight is 255 g/mol. The highest BCUT2D eigenvalue weighted by atomic mass is 16.5. The minimum absolute atomic E-state index is 0.335. The van der Waals surface area contributed by atoms with Crippen LogP contribution in [0.1, 0.15) is 17.2 Å². The van der Waals surface area contributed by atoms with Crippen molar-refractivity contribution in [3.8, 4) is 11.5 Å². The summed E-state index contributed by atoms with van der Waals surface area (Å²) in [6.45, 7) is 0.335. The quantitative estimate of drug-likeness (QED) is 0.786. The first-order chi connectivity index (χ1) is 8.54. The number of benzene rings is 1. The number of methoxy groups -OCH3 is 3. The van der Waals surface area contributed by atoms with Crippen LogP contribution >= 0.6 is 0 Å². The van der Waals surface area contributed by atoms with Gasteiger partial charge in [-0.05, 0) is 12.1 Å². The van der Waals surface area contributed by atoms with E-state index in [0.29, 0.717) is 23.7 Å². The minimum atomic E-state index is -1.16. The third kappa shape index (κ3) is 2.91. The summed E-state index contributed by atoms with van der Waals surface area (Å²) in [5.74, 6) is -0.211. The molecule has 0 amide bonds. The number of hydrogen-bond acceptors (Lipinski definition) is 5. The standard InChI is InChI=1S/C12H17NO5/c1-16-6-7-4-10(18-3)8(5-9(7)17-2)11(13)12(14)15/h4-5,11H,6,13H2,1-3H3,(H,14,15). The monoisotopic (exact) mass is 255 g/mol. The molecule has 0 saturated carbocycles. The normalized spacial score (nSPS) is 12.0. The zero-order valence-corrected chi connectivity index (χ0v) is 10.6. The number of ether oxygens (including phenoxy) is 3. The van der Waals surface area contributed by atoms with E-state index in [4.69, 9.17) is 25.1 Å². The Labute approximate surface area is 105 Å². The van der Waals surface area contributed by atoms with Crippen LogP contribution in [0.2, 0.25) is 0 Å². The molecule has 0 bridgehead atoms. The first-order valence-corrected chi connectivity index (χ1v) is 5.27. The van der Waals surface area contributed by atoms with Crippen molar-refractivity contribution in [3.63, 3.8) is 0 Å². The van der Waals surface area contributed by atoms with Gasteiger partial charge in [0.2, 0.25) is 0 Å². The van der Waals surface area contributed by atoms with Crippen molar-refractivity contribution in [3.05, 3.63) is 23.3 Å². The van der Waals surface area contributed by atoms with Gasteiger partial charge >= 0.3 is 5.97 Å². The molecule has 1 rings (SSSR count). The van der Waals surface area contributed by atoms with E-state index in [1.165, 1.54) is 14.2 Å². The van der Waals surface area contributed by atoms with Gasteiger partial charge in [0.15, 0.2) is 0 Å². The van der Waals surface area contributed by atoms with Crippen molar-refractivity contribution in [2.24, 2.45) is 5.73 Å². The molecule has 1 aromatic carbocycles. The van der Waals surface area contributed by atoms with E-state index in [9.17, 15) is 4.79 Å². The first-order valence-electron chi connectivity index (χ1n) is 5.27. The number of carbonyl (C=O) groups is 1. The maximum atomic E-state index is 10.9. The summed E-state index contributed by atoms with van der Waals surface area (Å²) in [4.78, 5) is 10.9. The Kier molecular flexibility index (Phi) is 4.94. The van der Waals surface area contributed by atoms with Crippen LogP contribution in [0.15, 0.2) is 12.1 Å². The lowest BCUT2D eigenvalue weighted by atomic mass is 10.0. The van der Waals surface area contributed by atoms with Gasteiger partial charge in [-0.15, -0.1) is 0 Å². The van der Waals surface area contributed by atoms with Crippen molar-refractivity contribution in [2.45, 2.75) is 12.6 Å². The van der Waals surface area contributed by atoms with Crippen molar-refractivity contribution in [2.75, 3.05) is 21.3 Å². The zero-order valence-electron chi connectivity index (χ0n) is 10.6. The summed E-state index contributed by atoms with van der Waals surface area (Å²) < 4.78 is 15.4. The molecule has 0 aromatic heterocycles. The Morgan fingerprint density at radius 3 is 2.33 bits per heavy atom. The van der Waals surface area contributed by atoms with Gasteiger partial charge in [-0.2, -0.15) is 0 Å². The Hall–Kier alpha value is -1.79. The largest absolute Gasteiger partial charge is 0.496 e. The molecule has 0 fully saturated rings. The van der Waals surface area contributed by atoms with Crippen molar-refractivity contribution in [1.29, 1.82) is 0 Å². The second kappa shape index (κ2) is 6.23. The van der Waals surface area contributed by atoms with E-state index < -0.39 is 12.0 Å². The minimum Gasteiger partial charge on any atom is -0.496 e. The number of hydrogen-bond donors (Lipinski definition) is 2. The van der Waals surface area contributed by atoms with Crippen LogP contribution in [0.25, 0.3) is 0 Å². The Morgan fingerprint density at radius 1 is 1.28 bits per heavy atom. The molecule has 6 nitrogen and oxygen atoms in total. The fourth-order valence-corrected chi connectivity index (χ4v) is 1.63. The van der Waals surface area contributed by atoms with Crippen LogP contribution in [0, 0.1) is 0 Å². The predicted molar refractivity (Wildman–Crippen MR) is 64.8 cm³/mol. The van der Waals surface area contributed by atoms with E-state index in [-0.39, 0.29) is 0 Å². The summed E-state index contributed by atoms with van der Waals surface area (Å²) in [7, 11) is 4.51. The predicted octanol–water partition coefficient (Wildman–Crippen LogP) is 0.935. The van der Waals surface area contributed by atoms with Gasteiger partial charge in [0.1, 0.15) is 17.5 Å². The van der Waals surface area contributed by atoms with Gasteiger partial charge in [0.05, 0.1) is 20.8 Å². The highest BCUT2D eigenvalue weighted by Gasteiger charge is 2.21. The molecule has 0 aliphatic rings. The molecule has 1 unspecified atom stereocenters. The fourth-order valence-electron chi connectivity index (χ4n) is 1.63. The van der Waals surface area contributed by atoms with Crippen molar-refractivity contribution >= 4 is 5.97 Å². The number of rotatable bonds is 6. The topological polar surface area (TPSA) is 91.0 Å². The molecule has 0 aliphatic carbocycles. The first kappa shape index (κ1) is 14.3. The van der Waals surface area contributed by atoms with Crippen LogP contribution in [0.5, 0.6) is 11.5 Å². The van der Waals surface area contributed by atoms with E-state index in [1.54, 1.807) is 19.2 Å². The second-order valence-corrected chi connectivity index (χ2v) is 3.65. The van der Waals surface area contributed by atoms with Gasteiger partial charge in [-0.25, -0.2) is 0 Å². The summed E-state index contributed by atoms with van der Waals surface area (Å²) in [6, 6.07) is 2.07. The molecule has 6 heteroatoms. The lowest BCUT2D eigenvalue weighted by Crippen LogP contribution is -2.21. The second-order valence-electron chi connectivity index (χ2n) is 3.65. The molecule has 0 heterocycles. The molecule has 1 aromatic rings. The van der Waals surface area contributed by atoms with Crippen LogP contribution in [0.3, 0.4) is 0 Å². The zero-order chi connectivity index (χ0) is 13.7. The molecule has 1 atom stereocenters. The summed E-state index contributed by atoms with van der Waals surface area (Å²) in [5, 5.41) is 8.95. The number of nitrogens with two attached hydrogens (primary N) is 1. The molecular weight excluding hydrogens is 238 g/mol. The lowest BCUT2D eigenvalue weighted by Gasteiger charge is -2.16. The van der Waals surface area contributed by atoms with E-state index >= 15 is 0 Å². The molecule has 3 N–H and O–H groups in total. The van der Waals surface area contributed by atoms with Crippen LogP contribution < -0.4 is 15.2 Å². The lowest BCUT2D eigenvalue weighted by molar-refractivity contribution is -0.138. The van der Waals surface area contributed by atoms with Crippen LogP contribution in [-0.2, 0) is 16.1 Å².